The van der Waals surface area contributed by atoms with Gasteiger partial charge in [0.05, 0.1) is 6.42 Å². The predicted octanol–water partition coefficient (Wildman–Crippen LogP) is -3.36. The summed E-state index contributed by atoms with van der Waals surface area (Å²) in [5.74, 6) is -3.55. The van der Waals surface area contributed by atoms with Crippen LogP contribution in [0.4, 0.5) is 0 Å². The Morgan fingerprint density at radius 3 is 2.33 bits per heavy atom. The summed E-state index contributed by atoms with van der Waals surface area (Å²) in [5.41, 5.74) is 0. The number of carbonyl (C=O) groups is 3. The number of rotatable bonds is 9. The van der Waals surface area contributed by atoms with E-state index in [0.717, 1.165) is 6.42 Å². The zero-order valence-corrected chi connectivity index (χ0v) is 12.5. The van der Waals surface area contributed by atoms with Crippen molar-refractivity contribution in [2.45, 2.75) is 45.1 Å². The van der Waals surface area contributed by atoms with Crippen molar-refractivity contribution in [2.75, 3.05) is 0 Å². The smallest absolute Gasteiger partial charge is 0.550 e. The van der Waals surface area contributed by atoms with E-state index in [4.69, 9.17) is 5.11 Å². The normalized spacial score (nSPS) is 11.2. The van der Waals surface area contributed by atoms with Gasteiger partial charge in [-0.15, -0.1) is 0 Å². The van der Waals surface area contributed by atoms with Crippen LogP contribution >= 0.6 is 0 Å². The fraction of sp³-hybridized carbons (Fsp3) is 0.700. The number of hydrogen-bond donors (Lipinski definition) is 1. The maximum atomic E-state index is 10.9. The molecule has 0 amide bonds. The van der Waals surface area contributed by atoms with Crippen LogP contribution in [-0.2, 0) is 24.2 Å². The van der Waals surface area contributed by atoms with E-state index in [9.17, 15) is 19.5 Å². The van der Waals surface area contributed by atoms with Crippen molar-refractivity contribution >= 4 is 17.9 Å². The maximum Gasteiger partial charge on any atom is 1.00 e. The molecule has 18 heavy (non-hydrogen) atoms. The third-order valence-corrected chi connectivity index (χ3v) is 1.89. The molecule has 0 aromatic carbocycles. The Bertz CT molecular complexity index is 279. The standard InChI is InChI=1S/C10H16O7.Na/c1-2-3-4-7(10(14)15)16-17-9(13)6-5-8(11)12;/h7H,2-6H2,1H3,(H,11,12)(H,14,15);/q;+1/p-1. The first-order valence-electron chi connectivity index (χ1n) is 5.26. The molecule has 7 nitrogen and oxygen atoms in total. The Kier molecular flexibility index (Phi) is 12.5. The quantitative estimate of drug-likeness (QED) is 0.264. The van der Waals surface area contributed by atoms with Crippen LogP contribution in [0, 0.1) is 0 Å². The minimum atomic E-state index is -1.39. The fourth-order valence-electron chi connectivity index (χ4n) is 0.960. The van der Waals surface area contributed by atoms with Gasteiger partial charge in [-0.05, 0) is 12.8 Å². The number of hydrogen-bond acceptors (Lipinski definition) is 6. The molecule has 0 rings (SSSR count). The Balaban J connectivity index is 0. The SMILES string of the molecule is CCCCC(OOC(=O)CCC(=O)[O-])C(=O)O.[Na+]. The van der Waals surface area contributed by atoms with Crippen LogP contribution in [0.5, 0.6) is 0 Å². The fourth-order valence-corrected chi connectivity index (χ4v) is 0.960. The summed E-state index contributed by atoms with van der Waals surface area (Å²) in [7, 11) is 0. The zero-order valence-electron chi connectivity index (χ0n) is 10.5. The molecule has 0 aliphatic carbocycles. The second-order valence-electron chi connectivity index (χ2n) is 3.39. The molecular formula is C10H15NaO7. The van der Waals surface area contributed by atoms with Crippen molar-refractivity contribution < 1.29 is 63.9 Å². The van der Waals surface area contributed by atoms with E-state index in [-0.39, 0.29) is 36.0 Å². The summed E-state index contributed by atoms with van der Waals surface area (Å²) in [4.78, 5) is 40.3. The average molecular weight is 270 g/mol. The summed E-state index contributed by atoms with van der Waals surface area (Å²) in [5, 5.41) is 18.7. The van der Waals surface area contributed by atoms with Gasteiger partial charge in [-0.2, -0.15) is 4.89 Å². The molecule has 0 radical (unpaired) electrons. The van der Waals surface area contributed by atoms with Crippen LogP contribution in [0.25, 0.3) is 0 Å². The number of carbonyl (C=O) groups excluding carboxylic acids is 2. The molecule has 0 saturated heterocycles. The van der Waals surface area contributed by atoms with Crippen LogP contribution < -0.4 is 34.7 Å². The summed E-state index contributed by atoms with van der Waals surface area (Å²) in [6, 6.07) is 0. The molecule has 0 aromatic rings. The summed E-state index contributed by atoms with van der Waals surface area (Å²) >= 11 is 0. The van der Waals surface area contributed by atoms with Crippen molar-refractivity contribution in [1.29, 1.82) is 0 Å². The third-order valence-electron chi connectivity index (χ3n) is 1.89. The van der Waals surface area contributed by atoms with Gasteiger partial charge in [-0.1, -0.05) is 19.8 Å². The molecule has 1 atom stereocenters. The molecule has 1 N–H and O–H groups in total. The molecule has 0 heterocycles. The molecule has 1 unspecified atom stereocenters. The molecule has 0 saturated carbocycles. The Labute approximate surface area is 127 Å². The van der Waals surface area contributed by atoms with Crippen molar-refractivity contribution in [2.24, 2.45) is 0 Å². The van der Waals surface area contributed by atoms with Gasteiger partial charge in [0.25, 0.3) is 0 Å². The molecule has 0 aliphatic heterocycles. The minimum absolute atomic E-state index is 0. The van der Waals surface area contributed by atoms with Gasteiger partial charge in [0.15, 0.2) is 0 Å². The van der Waals surface area contributed by atoms with Gasteiger partial charge >= 0.3 is 41.5 Å². The predicted molar refractivity (Wildman–Crippen MR) is 52.4 cm³/mol. The van der Waals surface area contributed by atoms with E-state index in [1.165, 1.54) is 0 Å². The van der Waals surface area contributed by atoms with E-state index in [0.29, 0.717) is 6.42 Å². The topological polar surface area (TPSA) is 113 Å². The van der Waals surface area contributed by atoms with Crippen molar-refractivity contribution in [1.82, 2.24) is 0 Å². The third kappa shape index (κ3) is 10.5. The molecule has 0 bridgehead atoms. The second-order valence-corrected chi connectivity index (χ2v) is 3.39. The Morgan fingerprint density at radius 2 is 1.89 bits per heavy atom. The van der Waals surface area contributed by atoms with Crippen LogP contribution in [0.1, 0.15) is 39.0 Å². The van der Waals surface area contributed by atoms with Gasteiger partial charge in [0.1, 0.15) is 0 Å². The molecular weight excluding hydrogens is 255 g/mol. The molecule has 0 fully saturated rings. The zero-order chi connectivity index (χ0) is 13.3. The van der Waals surface area contributed by atoms with E-state index < -0.39 is 36.9 Å². The van der Waals surface area contributed by atoms with Crippen molar-refractivity contribution in [3.63, 3.8) is 0 Å². The maximum absolute atomic E-state index is 10.9. The number of carboxylic acid groups (broad SMARTS) is 2. The van der Waals surface area contributed by atoms with E-state index in [2.05, 4.69) is 9.78 Å². The van der Waals surface area contributed by atoms with Gasteiger partial charge < -0.3 is 15.0 Å². The minimum Gasteiger partial charge on any atom is -0.550 e. The van der Waals surface area contributed by atoms with Gasteiger partial charge in [-0.3, -0.25) is 4.89 Å². The average Bonchev–Trinajstić information content (AvgIpc) is 2.25. The van der Waals surface area contributed by atoms with Gasteiger partial charge in [0, 0.05) is 5.97 Å². The molecule has 0 aliphatic rings. The first-order valence-corrected chi connectivity index (χ1v) is 5.26. The van der Waals surface area contributed by atoms with Crippen LogP contribution in [0.15, 0.2) is 0 Å². The Hall–Kier alpha value is -0.630. The summed E-state index contributed by atoms with van der Waals surface area (Å²) in [6.45, 7) is 1.88. The monoisotopic (exact) mass is 270 g/mol. The van der Waals surface area contributed by atoms with Crippen molar-refractivity contribution in [3.05, 3.63) is 0 Å². The van der Waals surface area contributed by atoms with E-state index >= 15 is 0 Å². The van der Waals surface area contributed by atoms with Crippen LogP contribution in [0.3, 0.4) is 0 Å². The van der Waals surface area contributed by atoms with E-state index in [1.807, 2.05) is 6.92 Å². The number of aliphatic carboxylic acids is 2. The molecule has 0 aromatic heterocycles. The van der Waals surface area contributed by atoms with E-state index in [1.54, 1.807) is 0 Å². The summed E-state index contributed by atoms with van der Waals surface area (Å²) < 4.78 is 0. The van der Waals surface area contributed by atoms with Crippen LogP contribution in [-0.4, -0.2) is 29.1 Å². The van der Waals surface area contributed by atoms with Crippen molar-refractivity contribution in [3.8, 4) is 0 Å². The molecule has 8 heteroatoms. The first kappa shape index (κ1) is 19.7. The van der Waals surface area contributed by atoms with Gasteiger partial charge in [-0.25, -0.2) is 9.59 Å². The van der Waals surface area contributed by atoms with Crippen LogP contribution in [0.2, 0.25) is 0 Å². The largest absolute Gasteiger partial charge is 1.00 e. The molecule has 98 valence electrons. The van der Waals surface area contributed by atoms with Gasteiger partial charge in [0.2, 0.25) is 6.10 Å². The summed E-state index contributed by atoms with van der Waals surface area (Å²) in [6.07, 6.45) is -0.502. The first-order chi connectivity index (χ1) is 7.97. The molecule has 0 spiro atoms. The number of carboxylic acids is 2. The number of unbranched alkanes of at least 4 members (excludes halogenated alkanes) is 1. The second kappa shape index (κ2) is 11.5. The Morgan fingerprint density at radius 1 is 1.28 bits per heavy atom.